The molecule has 0 radical (unpaired) electrons. The minimum Gasteiger partial charge on any atom is -0.465 e. The van der Waals surface area contributed by atoms with Crippen molar-refractivity contribution >= 4 is 12.3 Å². The summed E-state index contributed by atoms with van der Waals surface area (Å²) in [7, 11) is 2.79. The number of carbonyl (C=O) groups is 2. The minimum atomic E-state index is -0.469. The van der Waals surface area contributed by atoms with Crippen LogP contribution >= 0.6 is 0 Å². The number of aldehydes is 1. The molecule has 0 spiro atoms. The van der Waals surface area contributed by atoms with Crippen LogP contribution in [0, 0.1) is 0 Å². The van der Waals surface area contributed by atoms with Crippen molar-refractivity contribution in [3.63, 3.8) is 0 Å². The van der Waals surface area contributed by atoms with Gasteiger partial charge in [-0.05, 0) is 6.07 Å². The Morgan fingerprint density at radius 2 is 2.29 bits per heavy atom. The molecule has 0 fully saturated rings. The molecule has 1 aromatic heterocycles. The molecule has 1 heterocycles. The van der Waals surface area contributed by atoms with Crippen LogP contribution in [0.1, 0.15) is 20.8 Å². The van der Waals surface area contributed by atoms with Gasteiger partial charge in [0.2, 0.25) is 0 Å². The van der Waals surface area contributed by atoms with Crippen LogP contribution in [0.2, 0.25) is 0 Å². The first kappa shape index (κ1) is 10.5. The molecule has 0 amide bonds. The number of nitrogens with zero attached hydrogens (tertiary/aromatic N) is 1. The standard InChI is InChI=1S/C9H11NO4/c1-13-6-10-4-7(9(12)14-2)3-8(10)5-11/h3-5H,6H2,1-2H3. The van der Waals surface area contributed by atoms with Gasteiger partial charge in [-0.25, -0.2) is 4.79 Å². The van der Waals surface area contributed by atoms with Crippen LogP contribution in [0.3, 0.4) is 0 Å². The molecule has 1 aromatic rings. The predicted molar refractivity (Wildman–Crippen MR) is 48.2 cm³/mol. The number of esters is 1. The third kappa shape index (κ3) is 2.00. The van der Waals surface area contributed by atoms with Crippen molar-refractivity contribution in [1.82, 2.24) is 4.57 Å². The van der Waals surface area contributed by atoms with Gasteiger partial charge in [0.05, 0.1) is 18.4 Å². The Morgan fingerprint density at radius 3 is 2.79 bits per heavy atom. The highest BCUT2D eigenvalue weighted by Gasteiger charge is 2.11. The molecule has 0 N–H and O–H groups in total. The zero-order chi connectivity index (χ0) is 10.6. The molecular formula is C9H11NO4. The highest BCUT2D eigenvalue weighted by molar-refractivity contribution is 5.91. The first-order chi connectivity index (χ1) is 6.72. The van der Waals surface area contributed by atoms with Crippen LogP contribution in [-0.4, -0.2) is 31.0 Å². The number of ether oxygens (including phenoxy) is 2. The Kier molecular flexibility index (Phi) is 3.41. The van der Waals surface area contributed by atoms with Gasteiger partial charge in [0, 0.05) is 13.3 Å². The van der Waals surface area contributed by atoms with Crippen LogP contribution in [0.4, 0.5) is 0 Å². The maximum Gasteiger partial charge on any atom is 0.339 e. The zero-order valence-corrected chi connectivity index (χ0v) is 8.02. The molecule has 0 aliphatic rings. The molecule has 1 rings (SSSR count). The van der Waals surface area contributed by atoms with Gasteiger partial charge in [-0.1, -0.05) is 0 Å². The number of aromatic nitrogens is 1. The van der Waals surface area contributed by atoms with E-state index in [2.05, 4.69) is 4.74 Å². The molecule has 0 aromatic carbocycles. The SMILES string of the molecule is COCn1cc(C(=O)OC)cc1C=O. The summed E-state index contributed by atoms with van der Waals surface area (Å²) in [5.74, 6) is -0.469. The smallest absolute Gasteiger partial charge is 0.339 e. The van der Waals surface area contributed by atoms with Crippen molar-refractivity contribution in [3.8, 4) is 0 Å². The van der Waals surface area contributed by atoms with E-state index >= 15 is 0 Å². The topological polar surface area (TPSA) is 57.5 Å². The van der Waals surface area contributed by atoms with E-state index in [9.17, 15) is 9.59 Å². The van der Waals surface area contributed by atoms with E-state index in [0.717, 1.165) is 0 Å². The number of hydrogen-bond acceptors (Lipinski definition) is 4. The molecule has 76 valence electrons. The van der Waals surface area contributed by atoms with Crippen LogP contribution < -0.4 is 0 Å². The fourth-order valence-electron chi connectivity index (χ4n) is 1.10. The molecule has 5 heteroatoms. The molecule has 0 atom stereocenters. The quantitative estimate of drug-likeness (QED) is 0.526. The van der Waals surface area contributed by atoms with Crippen molar-refractivity contribution < 1.29 is 19.1 Å². The highest BCUT2D eigenvalue weighted by Crippen LogP contribution is 2.08. The predicted octanol–water partition coefficient (Wildman–Crippen LogP) is 0.691. The fraction of sp³-hybridized carbons (Fsp3) is 0.333. The lowest BCUT2D eigenvalue weighted by Gasteiger charge is -2.01. The van der Waals surface area contributed by atoms with Crippen LogP contribution in [0.5, 0.6) is 0 Å². The lowest BCUT2D eigenvalue weighted by Crippen LogP contribution is -2.02. The number of rotatable bonds is 4. The summed E-state index contributed by atoms with van der Waals surface area (Å²) in [5.41, 5.74) is 0.721. The van der Waals surface area contributed by atoms with E-state index in [4.69, 9.17) is 4.74 Å². The van der Waals surface area contributed by atoms with Crippen molar-refractivity contribution in [2.24, 2.45) is 0 Å². The zero-order valence-electron chi connectivity index (χ0n) is 8.02. The van der Waals surface area contributed by atoms with Gasteiger partial charge in [0.25, 0.3) is 0 Å². The first-order valence-corrected chi connectivity index (χ1v) is 3.95. The van der Waals surface area contributed by atoms with Crippen molar-refractivity contribution in [2.45, 2.75) is 6.73 Å². The second-order valence-electron chi connectivity index (χ2n) is 2.65. The monoisotopic (exact) mass is 197 g/mol. The maximum atomic E-state index is 11.1. The third-order valence-corrected chi connectivity index (χ3v) is 1.74. The third-order valence-electron chi connectivity index (χ3n) is 1.74. The molecule has 0 aliphatic heterocycles. The Balaban J connectivity index is 2.99. The van der Waals surface area contributed by atoms with Crippen LogP contribution in [0.25, 0.3) is 0 Å². The molecule has 0 aliphatic carbocycles. The largest absolute Gasteiger partial charge is 0.465 e. The van der Waals surface area contributed by atoms with E-state index in [-0.39, 0.29) is 6.73 Å². The van der Waals surface area contributed by atoms with Crippen LogP contribution in [-0.2, 0) is 16.2 Å². The van der Waals surface area contributed by atoms with Gasteiger partial charge in [0.1, 0.15) is 6.73 Å². The average molecular weight is 197 g/mol. The summed E-state index contributed by atoms with van der Waals surface area (Å²) < 4.78 is 10.9. The van der Waals surface area contributed by atoms with Crippen molar-refractivity contribution in [2.75, 3.05) is 14.2 Å². The van der Waals surface area contributed by atoms with Crippen LogP contribution in [0.15, 0.2) is 12.3 Å². The van der Waals surface area contributed by atoms with Crippen molar-refractivity contribution in [3.05, 3.63) is 23.5 Å². The highest BCUT2D eigenvalue weighted by atomic mass is 16.5. The fourth-order valence-corrected chi connectivity index (χ4v) is 1.10. The molecule has 5 nitrogen and oxygen atoms in total. The molecule has 0 saturated carbocycles. The Bertz CT molecular complexity index is 343. The van der Waals surface area contributed by atoms with Gasteiger partial charge < -0.3 is 14.0 Å². The number of carbonyl (C=O) groups excluding carboxylic acids is 2. The second-order valence-corrected chi connectivity index (χ2v) is 2.65. The lowest BCUT2D eigenvalue weighted by molar-refractivity contribution is 0.0600. The van der Waals surface area contributed by atoms with E-state index in [1.165, 1.54) is 31.0 Å². The van der Waals surface area contributed by atoms with Crippen molar-refractivity contribution in [1.29, 1.82) is 0 Å². The molecule has 0 unspecified atom stereocenters. The maximum absolute atomic E-state index is 11.1. The number of hydrogen-bond donors (Lipinski definition) is 0. The van der Waals surface area contributed by atoms with E-state index in [1.807, 2.05) is 0 Å². The van der Waals surface area contributed by atoms with E-state index in [1.54, 1.807) is 0 Å². The van der Waals surface area contributed by atoms with Gasteiger partial charge in [-0.3, -0.25) is 4.79 Å². The second kappa shape index (κ2) is 4.57. The molecule has 14 heavy (non-hydrogen) atoms. The Morgan fingerprint density at radius 1 is 1.57 bits per heavy atom. The lowest BCUT2D eigenvalue weighted by atomic mass is 10.3. The number of methoxy groups -OCH3 is 2. The average Bonchev–Trinajstić information content (AvgIpc) is 2.60. The van der Waals surface area contributed by atoms with Gasteiger partial charge in [-0.2, -0.15) is 0 Å². The Hall–Kier alpha value is -1.62. The van der Waals surface area contributed by atoms with E-state index in [0.29, 0.717) is 17.5 Å². The van der Waals surface area contributed by atoms with Gasteiger partial charge in [-0.15, -0.1) is 0 Å². The van der Waals surface area contributed by atoms with Gasteiger partial charge in [0.15, 0.2) is 6.29 Å². The summed E-state index contributed by atoms with van der Waals surface area (Å²) >= 11 is 0. The summed E-state index contributed by atoms with van der Waals surface area (Å²) in [6.45, 7) is 0.227. The summed E-state index contributed by atoms with van der Waals surface area (Å²) in [4.78, 5) is 21.7. The normalized spacial score (nSPS) is 9.86. The molecule has 0 saturated heterocycles. The Labute approximate surface area is 81.2 Å². The summed E-state index contributed by atoms with van der Waals surface area (Å²) in [6.07, 6.45) is 2.17. The summed E-state index contributed by atoms with van der Waals surface area (Å²) in [6, 6.07) is 1.46. The van der Waals surface area contributed by atoms with E-state index < -0.39 is 5.97 Å². The molecule has 0 bridgehead atoms. The minimum absolute atomic E-state index is 0.227. The first-order valence-electron chi connectivity index (χ1n) is 3.95. The van der Waals surface area contributed by atoms with Gasteiger partial charge >= 0.3 is 5.97 Å². The molecular weight excluding hydrogens is 186 g/mol. The summed E-state index contributed by atoms with van der Waals surface area (Å²) in [5, 5.41) is 0.